The first-order chi connectivity index (χ1) is 9.34. The molecule has 1 fully saturated rings. The van der Waals surface area contributed by atoms with E-state index in [-0.39, 0.29) is 12.1 Å². The SMILES string of the molecule is OC(C1CCCCCC1)C1CCc2ccccc2N1. The van der Waals surface area contributed by atoms with E-state index in [0.717, 1.165) is 12.8 Å². The Balaban J connectivity index is 1.66. The molecule has 19 heavy (non-hydrogen) atoms. The molecule has 2 unspecified atom stereocenters. The molecule has 1 saturated carbocycles. The molecule has 2 N–H and O–H groups in total. The lowest BCUT2D eigenvalue weighted by molar-refractivity contribution is 0.0763. The number of hydrogen-bond donors (Lipinski definition) is 2. The highest BCUT2D eigenvalue weighted by Gasteiger charge is 2.30. The molecule has 1 aliphatic heterocycles. The van der Waals surface area contributed by atoms with Gasteiger partial charge in [-0.25, -0.2) is 0 Å². The molecular weight excluding hydrogens is 234 g/mol. The van der Waals surface area contributed by atoms with Crippen LogP contribution < -0.4 is 5.32 Å². The van der Waals surface area contributed by atoms with Crippen LogP contribution in [0.1, 0.15) is 50.5 Å². The average Bonchev–Trinajstić information content (AvgIpc) is 2.75. The lowest BCUT2D eigenvalue weighted by Gasteiger charge is -2.34. The zero-order chi connectivity index (χ0) is 13.1. The Kier molecular flexibility index (Phi) is 4.07. The minimum absolute atomic E-state index is 0.175. The summed E-state index contributed by atoms with van der Waals surface area (Å²) in [5, 5.41) is 14.3. The molecule has 0 spiro atoms. The molecule has 0 bridgehead atoms. The van der Waals surface area contributed by atoms with Gasteiger partial charge in [0.2, 0.25) is 0 Å². The van der Waals surface area contributed by atoms with E-state index in [9.17, 15) is 5.11 Å². The standard InChI is InChI=1S/C17H25NO/c19-17(14-8-3-1-2-4-9-14)16-12-11-13-7-5-6-10-15(13)18-16/h5-7,10,14,16-19H,1-4,8-9,11-12H2. The van der Waals surface area contributed by atoms with Crippen molar-refractivity contribution in [2.45, 2.75) is 63.5 Å². The monoisotopic (exact) mass is 259 g/mol. The highest BCUT2D eigenvalue weighted by atomic mass is 16.3. The minimum atomic E-state index is -0.175. The Morgan fingerprint density at radius 1 is 1.00 bits per heavy atom. The van der Waals surface area contributed by atoms with Gasteiger partial charge in [-0.3, -0.25) is 0 Å². The molecule has 2 atom stereocenters. The average molecular weight is 259 g/mol. The molecule has 0 amide bonds. The van der Waals surface area contributed by atoms with Crippen LogP contribution in [0.15, 0.2) is 24.3 Å². The first-order valence-corrected chi connectivity index (χ1v) is 7.87. The predicted octanol–water partition coefficient (Wildman–Crippen LogP) is 3.74. The number of hydrogen-bond acceptors (Lipinski definition) is 2. The Hall–Kier alpha value is -1.02. The molecule has 1 aromatic carbocycles. The third-order valence-corrected chi connectivity index (χ3v) is 4.88. The molecule has 1 aromatic rings. The lowest BCUT2D eigenvalue weighted by Crippen LogP contribution is -2.41. The van der Waals surface area contributed by atoms with E-state index in [1.165, 1.54) is 49.8 Å². The third-order valence-electron chi connectivity index (χ3n) is 4.88. The van der Waals surface area contributed by atoms with Gasteiger partial charge in [0.1, 0.15) is 0 Å². The van der Waals surface area contributed by atoms with Crippen molar-refractivity contribution in [1.29, 1.82) is 0 Å². The number of anilines is 1. The van der Waals surface area contributed by atoms with Gasteiger partial charge in [-0.2, -0.15) is 0 Å². The molecule has 2 heteroatoms. The number of para-hydroxylation sites is 1. The van der Waals surface area contributed by atoms with Crippen LogP contribution in [0, 0.1) is 5.92 Å². The first-order valence-electron chi connectivity index (χ1n) is 7.87. The second kappa shape index (κ2) is 5.96. The van der Waals surface area contributed by atoms with Crippen LogP contribution in [-0.2, 0) is 6.42 Å². The number of aliphatic hydroxyl groups is 1. The van der Waals surface area contributed by atoms with Gasteiger partial charge < -0.3 is 10.4 Å². The van der Waals surface area contributed by atoms with Gasteiger partial charge in [-0.05, 0) is 43.2 Å². The Morgan fingerprint density at radius 3 is 2.53 bits per heavy atom. The first kappa shape index (κ1) is 13.0. The zero-order valence-electron chi connectivity index (χ0n) is 11.6. The number of benzene rings is 1. The van der Waals surface area contributed by atoms with Crippen molar-refractivity contribution < 1.29 is 5.11 Å². The van der Waals surface area contributed by atoms with Crippen molar-refractivity contribution in [3.05, 3.63) is 29.8 Å². The molecule has 0 saturated heterocycles. The van der Waals surface area contributed by atoms with Crippen LogP contribution in [0.25, 0.3) is 0 Å². The number of rotatable bonds is 2. The zero-order valence-corrected chi connectivity index (χ0v) is 11.6. The van der Waals surface area contributed by atoms with Gasteiger partial charge in [0.05, 0.1) is 12.1 Å². The largest absolute Gasteiger partial charge is 0.391 e. The van der Waals surface area contributed by atoms with Crippen LogP contribution in [0.5, 0.6) is 0 Å². The van der Waals surface area contributed by atoms with Crippen LogP contribution >= 0.6 is 0 Å². The molecule has 2 aliphatic rings. The summed E-state index contributed by atoms with van der Waals surface area (Å²) in [6, 6.07) is 8.75. The molecule has 3 rings (SSSR count). The van der Waals surface area contributed by atoms with E-state index in [2.05, 4.69) is 29.6 Å². The minimum Gasteiger partial charge on any atom is -0.391 e. The normalized spacial score (nSPS) is 26.1. The summed E-state index contributed by atoms with van der Waals surface area (Å²) in [6.07, 6.45) is 9.70. The molecule has 104 valence electrons. The summed E-state index contributed by atoms with van der Waals surface area (Å²) in [6.45, 7) is 0. The Bertz CT molecular complexity index is 409. The molecule has 0 aromatic heterocycles. The smallest absolute Gasteiger partial charge is 0.0769 e. The summed E-state index contributed by atoms with van der Waals surface area (Å²) in [7, 11) is 0. The van der Waals surface area contributed by atoms with Gasteiger partial charge in [0.25, 0.3) is 0 Å². The van der Waals surface area contributed by atoms with Crippen LogP contribution in [0.4, 0.5) is 5.69 Å². The summed E-state index contributed by atoms with van der Waals surface area (Å²) >= 11 is 0. The number of aliphatic hydroxyl groups excluding tert-OH is 1. The topological polar surface area (TPSA) is 32.3 Å². The van der Waals surface area contributed by atoms with Crippen LogP contribution in [-0.4, -0.2) is 17.3 Å². The number of aryl methyl sites for hydroxylation is 1. The van der Waals surface area contributed by atoms with Gasteiger partial charge in [-0.1, -0.05) is 43.9 Å². The van der Waals surface area contributed by atoms with Crippen molar-refractivity contribution in [3.8, 4) is 0 Å². The van der Waals surface area contributed by atoms with Gasteiger partial charge in [0, 0.05) is 5.69 Å². The van der Waals surface area contributed by atoms with Crippen molar-refractivity contribution in [1.82, 2.24) is 0 Å². The van der Waals surface area contributed by atoms with E-state index in [0.29, 0.717) is 5.92 Å². The van der Waals surface area contributed by atoms with Gasteiger partial charge in [0.15, 0.2) is 0 Å². The molecule has 0 radical (unpaired) electrons. The summed E-state index contributed by atoms with van der Waals surface area (Å²) in [4.78, 5) is 0. The van der Waals surface area contributed by atoms with Gasteiger partial charge >= 0.3 is 0 Å². The molecule has 2 nitrogen and oxygen atoms in total. The Labute approximate surface area is 116 Å². The second-order valence-corrected chi connectivity index (χ2v) is 6.19. The van der Waals surface area contributed by atoms with E-state index in [4.69, 9.17) is 0 Å². The van der Waals surface area contributed by atoms with E-state index >= 15 is 0 Å². The fraction of sp³-hybridized carbons (Fsp3) is 0.647. The Morgan fingerprint density at radius 2 is 1.74 bits per heavy atom. The highest BCUT2D eigenvalue weighted by molar-refractivity contribution is 5.53. The predicted molar refractivity (Wildman–Crippen MR) is 79.4 cm³/mol. The number of nitrogens with one attached hydrogen (secondary N) is 1. The highest BCUT2D eigenvalue weighted by Crippen LogP contribution is 2.32. The fourth-order valence-electron chi connectivity index (χ4n) is 3.70. The van der Waals surface area contributed by atoms with Gasteiger partial charge in [-0.15, -0.1) is 0 Å². The van der Waals surface area contributed by atoms with E-state index in [1.807, 2.05) is 0 Å². The van der Waals surface area contributed by atoms with Crippen molar-refractivity contribution in [2.24, 2.45) is 5.92 Å². The maximum Gasteiger partial charge on any atom is 0.0769 e. The summed E-state index contributed by atoms with van der Waals surface area (Å²) in [5.74, 6) is 0.505. The van der Waals surface area contributed by atoms with E-state index < -0.39 is 0 Å². The van der Waals surface area contributed by atoms with Crippen LogP contribution in [0.2, 0.25) is 0 Å². The molecule has 1 aliphatic carbocycles. The summed E-state index contributed by atoms with van der Waals surface area (Å²) in [5.41, 5.74) is 2.62. The van der Waals surface area contributed by atoms with Crippen molar-refractivity contribution in [3.63, 3.8) is 0 Å². The third kappa shape index (κ3) is 2.94. The van der Waals surface area contributed by atoms with Crippen molar-refractivity contribution >= 4 is 5.69 Å². The number of fused-ring (bicyclic) bond motifs is 1. The maximum absolute atomic E-state index is 10.7. The molecular formula is C17H25NO. The molecule has 1 heterocycles. The maximum atomic E-state index is 10.7. The summed E-state index contributed by atoms with van der Waals surface area (Å²) < 4.78 is 0. The fourth-order valence-corrected chi connectivity index (χ4v) is 3.70. The second-order valence-electron chi connectivity index (χ2n) is 6.19. The van der Waals surface area contributed by atoms with E-state index in [1.54, 1.807) is 0 Å². The lowest BCUT2D eigenvalue weighted by atomic mass is 9.85. The van der Waals surface area contributed by atoms with Crippen molar-refractivity contribution in [2.75, 3.05) is 5.32 Å². The van der Waals surface area contributed by atoms with Crippen LogP contribution in [0.3, 0.4) is 0 Å². The quantitative estimate of drug-likeness (QED) is 0.793.